The van der Waals surface area contributed by atoms with E-state index in [1.54, 1.807) is 13.3 Å². The molecule has 3 heterocycles. The lowest BCUT2D eigenvalue weighted by molar-refractivity contribution is -0.115. The Morgan fingerprint density at radius 1 is 1.19 bits per heavy atom. The molecule has 3 aromatic rings. The fraction of sp³-hybridized carbons (Fsp3) is 0.292. The number of hydrogen-bond acceptors (Lipinski definition) is 7. The Bertz CT molecular complexity index is 1160. The summed E-state index contributed by atoms with van der Waals surface area (Å²) in [7, 11) is 1.63. The highest BCUT2D eigenvalue weighted by atomic mass is 16.5. The fourth-order valence-electron chi connectivity index (χ4n) is 4.22. The normalized spacial score (nSPS) is 15.9. The number of ether oxygens (including phenoxy) is 1. The van der Waals surface area contributed by atoms with Gasteiger partial charge in [-0.25, -0.2) is 9.97 Å². The van der Waals surface area contributed by atoms with Crippen LogP contribution in [0.15, 0.2) is 48.7 Å². The molecule has 2 aromatic carbocycles. The SMILES string of the molecule is COc1cc(N2CCC(O)CC2)ccc1Nc1ncc2c(n1)-c1ccccc1NC(=O)C2. The zero-order valence-electron chi connectivity index (χ0n) is 17.8. The molecule has 3 N–H and O–H groups in total. The minimum Gasteiger partial charge on any atom is -0.494 e. The topological polar surface area (TPSA) is 99.6 Å². The third-order valence-corrected chi connectivity index (χ3v) is 5.93. The molecule has 1 aromatic heterocycles. The van der Waals surface area contributed by atoms with Gasteiger partial charge in [-0.05, 0) is 31.0 Å². The molecular formula is C24H25N5O3. The summed E-state index contributed by atoms with van der Waals surface area (Å²) < 4.78 is 5.62. The molecule has 0 spiro atoms. The summed E-state index contributed by atoms with van der Waals surface area (Å²) in [6, 6.07) is 13.6. The van der Waals surface area contributed by atoms with Gasteiger partial charge in [0.15, 0.2) is 0 Å². The first-order valence-corrected chi connectivity index (χ1v) is 10.7. The fourth-order valence-corrected chi connectivity index (χ4v) is 4.22. The van der Waals surface area contributed by atoms with E-state index in [1.807, 2.05) is 42.5 Å². The number of piperidine rings is 1. The molecule has 0 bridgehead atoms. The zero-order chi connectivity index (χ0) is 22.1. The Kier molecular flexibility index (Phi) is 5.36. The summed E-state index contributed by atoms with van der Waals surface area (Å²) in [4.78, 5) is 23.6. The number of rotatable bonds is 4. The van der Waals surface area contributed by atoms with Crippen molar-refractivity contribution in [2.75, 3.05) is 35.7 Å². The van der Waals surface area contributed by atoms with Crippen LogP contribution in [0.5, 0.6) is 5.75 Å². The van der Waals surface area contributed by atoms with Crippen LogP contribution >= 0.6 is 0 Å². The molecule has 8 nitrogen and oxygen atoms in total. The van der Waals surface area contributed by atoms with Gasteiger partial charge in [0, 0.05) is 42.2 Å². The van der Waals surface area contributed by atoms with Crippen LogP contribution in [0.25, 0.3) is 11.3 Å². The highest BCUT2D eigenvalue weighted by molar-refractivity contribution is 5.99. The molecule has 0 atom stereocenters. The number of nitrogens with zero attached hydrogens (tertiary/aromatic N) is 3. The second-order valence-corrected chi connectivity index (χ2v) is 8.07. The number of aromatic nitrogens is 2. The van der Waals surface area contributed by atoms with Gasteiger partial charge < -0.3 is 25.4 Å². The molecule has 5 rings (SSSR count). The van der Waals surface area contributed by atoms with Gasteiger partial charge in [-0.15, -0.1) is 0 Å². The van der Waals surface area contributed by atoms with E-state index in [0.29, 0.717) is 11.7 Å². The molecule has 32 heavy (non-hydrogen) atoms. The highest BCUT2D eigenvalue weighted by Crippen LogP contribution is 2.35. The second-order valence-electron chi connectivity index (χ2n) is 8.07. The number of para-hydroxylation sites is 1. The van der Waals surface area contributed by atoms with Crippen molar-refractivity contribution in [2.24, 2.45) is 0 Å². The summed E-state index contributed by atoms with van der Waals surface area (Å²) in [5.41, 5.74) is 4.94. The van der Waals surface area contributed by atoms with Gasteiger partial charge in [0.25, 0.3) is 0 Å². The predicted octanol–water partition coefficient (Wildman–Crippen LogP) is 3.35. The lowest BCUT2D eigenvalue weighted by atomic mass is 10.1. The highest BCUT2D eigenvalue weighted by Gasteiger charge is 2.22. The van der Waals surface area contributed by atoms with Crippen molar-refractivity contribution in [1.29, 1.82) is 0 Å². The van der Waals surface area contributed by atoms with E-state index in [1.165, 1.54) is 0 Å². The Balaban J connectivity index is 1.44. The average molecular weight is 431 g/mol. The Labute approximate surface area is 186 Å². The molecule has 2 aliphatic heterocycles. The number of nitrogens with one attached hydrogen (secondary N) is 2. The summed E-state index contributed by atoms with van der Waals surface area (Å²) in [5.74, 6) is 1.03. The summed E-state index contributed by atoms with van der Waals surface area (Å²) in [5, 5.41) is 16.0. The minimum absolute atomic E-state index is 0.0806. The Hall–Kier alpha value is -3.65. The minimum atomic E-state index is -0.213. The van der Waals surface area contributed by atoms with Crippen LogP contribution in [-0.2, 0) is 11.2 Å². The number of hydrogen-bond donors (Lipinski definition) is 3. The lowest BCUT2D eigenvalue weighted by Crippen LogP contribution is -2.35. The van der Waals surface area contributed by atoms with E-state index in [9.17, 15) is 9.90 Å². The largest absolute Gasteiger partial charge is 0.494 e. The van der Waals surface area contributed by atoms with Crippen LogP contribution in [0.2, 0.25) is 0 Å². The molecule has 1 fully saturated rings. The summed E-state index contributed by atoms with van der Waals surface area (Å²) in [6.45, 7) is 1.63. The van der Waals surface area contributed by atoms with Crippen molar-refractivity contribution in [3.8, 4) is 17.0 Å². The standard InChI is InChI=1S/C24H25N5O3/c1-32-21-13-16(29-10-8-17(30)9-11-29)6-7-20(21)27-24-25-14-15-12-22(31)26-19-5-3-2-4-18(19)23(15)28-24/h2-7,13-14,17,30H,8-12H2,1H3,(H,26,31)(H,25,27,28). The van der Waals surface area contributed by atoms with Crippen molar-refractivity contribution in [3.05, 3.63) is 54.2 Å². The van der Waals surface area contributed by atoms with Gasteiger partial charge in [0.1, 0.15) is 5.75 Å². The van der Waals surface area contributed by atoms with Crippen LogP contribution in [0.1, 0.15) is 18.4 Å². The maximum atomic E-state index is 12.2. The molecule has 164 valence electrons. The van der Waals surface area contributed by atoms with Crippen LogP contribution in [0, 0.1) is 0 Å². The maximum Gasteiger partial charge on any atom is 0.228 e. The lowest BCUT2D eigenvalue weighted by Gasteiger charge is -2.31. The van der Waals surface area contributed by atoms with Crippen molar-refractivity contribution in [1.82, 2.24) is 9.97 Å². The molecule has 0 aliphatic carbocycles. The Morgan fingerprint density at radius 2 is 2.00 bits per heavy atom. The van der Waals surface area contributed by atoms with Crippen LogP contribution in [-0.4, -0.2) is 47.3 Å². The molecule has 0 saturated carbocycles. The van der Waals surface area contributed by atoms with Gasteiger partial charge in [-0.2, -0.15) is 0 Å². The number of amides is 1. The molecule has 0 unspecified atom stereocenters. The third kappa shape index (κ3) is 3.97. The number of aliphatic hydroxyl groups is 1. The molecule has 8 heteroatoms. The van der Waals surface area contributed by atoms with E-state index in [-0.39, 0.29) is 18.4 Å². The predicted molar refractivity (Wildman–Crippen MR) is 124 cm³/mol. The van der Waals surface area contributed by atoms with E-state index < -0.39 is 0 Å². The molecule has 2 aliphatic rings. The number of carbonyl (C=O) groups excluding carboxylic acids is 1. The van der Waals surface area contributed by atoms with E-state index >= 15 is 0 Å². The number of methoxy groups -OCH3 is 1. The maximum absolute atomic E-state index is 12.2. The Morgan fingerprint density at radius 3 is 2.81 bits per heavy atom. The summed E-state index contributed by atoms with van der Waals surface area (Å²) >= 11 is 0. The van der Waals surface area contributed by atoms with Gasteiger partial charge in [0.05, 0.1) is 36.7 Å². The average Bonchev–Trinajstić information content (AvgIpc) is 2.95. The van der Waals surface area contributed by atoms with Crippen LogP contribution in [0.3, 0.4) is 0 Å². The number of fused-ring (bicyclic) bond motifs is 3. The van der Waals surface area contributed by atoms with Gasteiger partial charge in [-0.3, -0.25) is 4.79 Å². The molecule has 0 radical (unpaired) electrons. The molecule has 1 amide bonds. The quantitative estimate of drug-likeness (QED) is 0.583. The van der Waals surface area contributed by atoms with Gasteiger partial charge in [0.2, 0.25) is 11.9 Å². The van der Waals surface area contributed by atoms with Gasteiger partial charge >= 0.3 is 0 Å². The third-order valence-electron chi connectivity index (χ3n) is 5.93. The number of anilines is 4. The van der Waals surface area contributed by atoms with Gasteiger partial charge in [-0.1, -0.05) is 18.2 Å². The molecule has 1 saturated heterocycles. The first-order chi connectivity index (χ1) is 15.6. The van der Waals surface area contributed by atoms with Crippen LogP contribution in [0.4, 0.5) is 23.0 Å². The summed E-state index contributed by atoms with van der Waals surface area (Å²) in [6.07, 6.45) is 3.25. The number of carbonyl (C=O) groups is 1. The first kappa shape index (κ1) is 20.3. The van der Waals surface area contributed by atoms with Crippen molar-refractivity contribution >= 4 is 28.9 Å². The van der Waals surface area contributed by atoms with Crippen LogP contribution < -0.4 is 20.3 Å². The van der Waals surface area contributed by atoms with E-state index in [4.69, 9.17) is 9.72 Å². The van der Waals surface area contributed by atoms with Crippen molar-refractivity contribution in [3.63, 3.8) is 0 Å². The number of aliphatic hydroxyl groups excluding tert-OH is 1. The number of benzene rings is 2. The van der Waals surface area contributed by atoms with Crippen molar-refractivity contribution in [2.45, 2.75) is 25.4 Å². The monoisotopic (exact) mass is 431 g/mol. The smallest absolute Gasteiger partial charge is 0.228 e. The van der Waals surface area contributed by atoms with E-state index in [0.717, 1.165) is 59.8 Å². The second kappa shape index (κ2) is 8.47. The van der Waals surface area contributed by atoms with Crippen molar-refractivity contribution < 1.29 is 14.6 Å². The molecular weight excluding hydrogens is 406 g/mol. The first-order valence-electron chi connectivity index (χ1n) is 10.7. The van der Waals surface area contributed by atoms with E-state index in [2.05, 4.69) is 20.5 Å². The zero-order valence-corrected chi connectivity index (χ0v) is 17.8.